The predicted molar refractivity (Wildman–Crippen MR) is 73.0 cm³/mol. The van der Waals surface area contributed by atoms with E-state index >= 15 is 0 Å². The van der Waals surface area contributed by atoms with Crippen molar-refractivity contribution in [3.8, 4) is 0 Å². The number of hydrogen-bond acceptors (Lipinski definition) is 3. The second-order valence-electron chi connectivity index (χ2n) is 5.93. The maximum atomic E-state index is 11.6. The van der Waals surface area contributed by atoms with E-state index in [4.69, 9.17) is 4.42 Å². The van der Waals surface area contributed by atoms with Crippen LogP contribution < -0.4 is 0 Å². The molecule has 4 heteroatoms. The average Bonchev–Trinajstić information content (AvgIpc) is 2.76. The molecule has 0 amide bonds. The van der Waals surface area contributed by atoms with Gasteiger partial charge in [-0.1, -0.05) is 19.3 Å². The lowest BCUT2D eigenvalue weighted by Gasteiger charge is -2.32. The zero-order valence-electron chi connectivity index (χ0n) is 11.8. The molecule has 1 N–H and O–H groups in total. The highest BCUT2D eigenvalue weighted by atomic mass is 16.4. The Labute approximate surface area is 114 Å². The average molecular weight is 265 g/mol. The Morgan fingerprint density at radius 2 is 1.89 bits per heavy atom. The monoisotopic (exact) mass is 265 g/mol. The van der Waals surface area contributed by atoms with E-state index in [-0.39, 0.29) is 0 Å². The smallest absolute Gasteiger partial charge is 0.310 e. The van der Waals surface area contributed by atoms with Crippen LogP contribution in [-0.4, -0.2) is 30.1 Å². The largest absolute Gasteiger partial charge is 0.481 e. The van der Waals surface area contributed by atoms with Crippen molar-refractivity contribution in [1.29, 1.82) is 0 Å². The fourth-order valence-corrected chi connectivity index (χ4v) is 2.94. The Kier molecular flexibility index (Phi) is 4.30. The van der Waals surface area contributed by atoms with E-state index in [0.717, 1.165) is 50.2 Å². The summed E-state index contributed by atoms with van der Waals surface area (Å²) in [6.45, 7) is 0.750. The van der Waals surface area contributed by atoms with E-state index in [2.05, 4.69) is 0 Å². The van der Waals surface area contributed by atoms with E-state index in [1.165, 1.54) is 0 Å². The molecule has 1 heterocycles. The standard InChI is InChI=1S/C15H23NO3/c1-16(2)11-13-7-6-12(19-13)10-15(14(17)18)8-4-3-5-9-15/h6-7H,3-5,8-11H2,1-2H3,(H,17,18). The molecule has 1 saturated carbocycles. The van der Waals surface area contributed by atoms with Crippen molar-refractivity contribution in [2.75, 3.05) is 14.1 Å². The molecule has 19 heavy (non-hydrogen) atoms. The number of carbonyl (C=O) groups is 1. The van der Waals surface area contributed by atoms with Gasteiger partial charge in [0.05, 0.1) is 12.0 Å². The molecule has 1 aromatic rings. The molecule has 4 nitrogen and oxygen atoms in total. The van der Waals surface area contributed by atoms with Crippen molar-refractivity contribution in [2.24, 2.45) is 5.41 Å². The molecule has 0 spiro atoms. The van der Waals surface area contributed by atoms with E-state index in [1.54, 1.807) is 0 Å². The first kappa shape index (κ1) is 14.1. The quantitative estimate of drug-likeness (QED) is 0.889. The second-order valence-corrected chi connectivity index (χ2v) is 5.93. The van der Waals surface area contributed by atoms with Crippen molar-refractivity contribution in [2.45, 2.75) is 45.1 Å². The SMILES string of the molecule is CN(C)Cc1ccc(CC2(C(=O)O)CCCCC2)o1. The van der Waals surface area contributed by atoms with Crippen LogP contribution in [0.4, 0.5) is 0 Å². The van der Waals surface area contributed by atoms with Gasteiger partial charge in [-0.15, -0.1) is 0 Å². The minimum Gasteiger partial charge on any atom is -0.481 e. The van der Waals surface area contributed by atoms with E-state index in [9.17, 15) is 9.90 Å². The summed E-state index contributed by atoms with van der Waals surface area (Å²) in [7, 11) is 3.98. The minimum atomic E-state index is -0.669. The highest BCUT2D eigenvalue weighted by Gasteiger charge is 2.40. The molecule has 2 rings (SSSR count). The Morgan fingerprint density at radius 3 is 2.47 bits per heavy atom. The molecule has 1 aromatic heterocycles. The molecule has 0 aliphatic heterocycles. The first-order valence-corrected chi connectivity index (χ1v) is 6.98. The number of rotatable bonds is 5. The first-order chi connectivity index (χ1) is 9.02. The van der Waals surface area contributed by atoms with Gasteiger partial charge in [0, 0.05) is 6.42 Å². The number of furan rings is 1. The van der Waals surface area contributed by atoms with Gasteiger partial charge in [-0.3, -0.25) is 4.79 Å². The molecule has 0 atom stereocenters. The third-order valence-corrected chi connectivity index (χ3v) is 3.97. The maximum absolute atomic E-state index is 11.6. The van der Waals surface area contributed by atoms with Gasteiger partial charge in [0.2, 0.25) is 0 Å². The fraction of sp³-hybridized carbons (Fsp3) is 0.667. The summed E-state index contributed by atoms with van der Waals surface area (Å²) in [6, 6.07) is 3.88. The minimum absolute atomic E-state index is 0.524. The van der Waals surface area contributed by atoms with Crippen LogP contribution in [0.1, 0.15) is 43.6 Å². The summed E-state index contributed by atoms with van der Waals surface area (Å²) in [5.41, 5.74) is -0.606. The van der Waals surface area contributed by atoms with Crippen LogP contribution in [0.15, 0.2) is 16.5 Å². The first-order valence-electron chi connectivity index (χ1n) is 6.98. The molecule has 1 aliphatic rings. The van der Waals surface area contributed by atoms with Crippen LogP contribution in [0.3, 0.4) is 0 Å². The molecule has 0 bridgehead atoms. The molecule has 0 unspecified atom stereocenters. The third kappa shape index (κ3) is 3.38. The van der Waals surface area contributed by atoms with Crippen LogP contribution in [0, 0.1) is 5.41 Å². The van der Waals surface area contributed by atoms with Crippen molar-refractivity contribution in [3.63, 3.8) is 0 Å². The predicted octanol–water partition coefficient (Wildman–Crippen LogP) is 2.92. The number of aliphatic carboxylic acids is 1. The molecule has 0 radical (unpaired) electrons. The van der Waals surface area contributed by atoms with Crippen molar-refractivity contribution < 1.29 is 14.3 Å². The maximum Gasteiger partial charge on any atom is 0.310 e. The third-order valence-electron chi connectivity index (χ3n) is 3.97. The van der Waals surface area contributed by atoms with Crippen LogP contribution in [0.25, 0.3) is 0 Å². The van der Waals surface area contributed by atoms with Crippen molar-refractivity contribution in [3.05, 3.63) is 23.7 Å². The van der Waals surface area contributed by atoms with E-state index in [1.807, 2.05) is 31.1 Å². The summed E-state index contributed by atoms with van der Waals surface area (Å²) in [5, 5.41) is 9.55. The van der Waals surface area contributed by atoms with Crippen LogP contribution in [0.2, 0.25) is 0 Å². The Morgan fingerprint density at radius 1 is 1.26 bits per heavy atom. The highest BCUT2D eigenvalue weighted by molar-refractivity contribution is 5.75. The van der Waals surface area contributed by atoms with Gasteiger partial charge >= 0.3 is 5.97 Å². The van der Waals surface area contributed by atoms with Gasteiger partial charge in [0.1, 0.15) is 11.5 Å². The van der Waals surface area contributed by atoms with Gasteiger partial charge < -0.3 is 14.4 Å². The van der Waals surface area contributed by atoms with Crippen molar-refractivity contribution in [1.82, 2.24) is 4.90 Å². The summed E-state index contributed by atoms with van der Waals surface area (Å²) >= 11 is 0. The lowest BCUT2D eigenvalue weighted by molar-refractivity contribution is -0.151. The summed E-state index contributed by atoms with van der Waals surface area (Å²) in [6.07, 6.45) is 5.24. The topological polar surface area (TPSA) is 53.7 Å². The molecule has 1 aliphatic carbocycles. The molecule has 1 fully saturated rings. The molecular weight excluding hydrogens is 242 g/mol. The summed E-state index contributed by atoms with van der Waals surface area (Å²) in [4.78, 5) is 13.7. The van der Waals surface area contributed by atoms with E-state index in [0.29, 0.717) is 6.42 Å². The molecule has 106 valence electrons. The molecule has 0 saturated heterocycles. The summed E-state index contributed by atoms with van der Waals surface area (Å²) in [5.74, 6) is 1.04. The number of nitrogens with zero attached hydrogens (tertiary/aromatic N) is 1. The van der Waals surface area contributed by atoms with Gasteiger partial charge in [-0.05, 0) is 39.1 Å². The fourth-order valence-electron chi connectivity index (χ4n) is 2.94. The normalized spacial score (nSPS) is 18.7. The number of carboxylic acids is 1. The summed E-state index contributed by atoms with van der Waals surface area (Å²) < 4.78 is 5.77. The molecule has 0 aromatic carbocycles. The number of carboxylic acid groups (broad SMARTS) is 1. The zero-order chi connectivity index (χ0) is 13.9. The van der Waals surface area contributed by atoms with Crippen LogP contribution in [0.5, 0.6) is 0 Å². The molecular formula is C15H23NO3. The van der Waals surface area contributed by atoms with Gasteiger partial charge in [-0.2, -0.15) is 0 Å². The van der Waals surface area contributed by atoms with Gasteiger partial charge in [0.25, 0.3) is 0 Å². The Balaban J connectivity index is 2.09. The van der Waals surface area contributed by atoms with Gasteiger partial charge in [0.15, 0.2) is 0 Å². The van der Waals surface area contributed by atoms with Crippen LogP contribution in [-0.2, 0) is 17.8 Å². The highest BCUT2D eigenvalue weighted by Crippen LogP contribution is 2.39. The zero-order valence-corrected chi connectivity index (χ0v) is 11.8. The Hall–Kier alpha value is -1.29. The lowest BCUT2D eigenvalue weighted by atomic mass is 9.71. The lowest BCUT2D eigenvalue weighted by Crippen LogP contribution is -2.35. The number of hydrogen-bond donors (Lipinski definition) is 1. The Bertz CT molecular complexity index is 430. The van der Waals surface area contributed by atoms with Crippen LogP contribution >= 0.6 is 0 Å². The van der Waals surface area contributed by atoms with E-state index < -0.39 is 11.4 Å². The van der Waals surface area contributed by atoms with Crippen molar-refractivity contribution >= 4 is 5.97 Å². The van der Waals surface area contributed by atoms with Gasteiger partial charge in [-0.25, -0.2) is 0 Å². The second kappa shape index (κ2) is 5.78.